The van der Waals surface area contributed by atoms with E-state index in [2.05, 4.69) is 23.4 Å². The van der Waals surface area contributed by atoms with Crippen molar-refractivity contribution in [1.29, 1.82) is 0 Å². The average molecular weight is 291 g/mol. The van der Waals surface area contributed by atoms with Gasteiger partial charge in [0, 0.05) is 35.1 Å². The molecule has 20 heavy (non-hydrogen) atoms. The third-order valence-corrected chi connectivity index (χ3v) is 4.40. The van der Waals surface area contributed by atoms with Crippen LogP contribution in [0.3, 0.4) is 0 Å². The molecule has 0 aliphatic heterocycles. The smallest absolute Gasteiger partial charge is 0.251 e. The fraction of sp³-hybridized carbons (Fsp3) is 0.467. The largest absolute Gasteiger partial charge is 0.366 e. The molecule has 0 atom stereocenters. The number of carbonyl (C=O) groups excluding carboxylic acids is 1. The Labute approximate surface area is 123 Å². The van der Waals surface area contributed by atoms with Crippen molar-refractivity contribution >= 4 is 17.2 Å². The summed E-state index contributed by atoms with van der Waals surface area (Å²) in [5.41, 5.74) is 9.11. The molecule has 0 unspecified atom stereocenters. The number of carbonyl (C=O) groups is 1. The van der Waals surface area contributed by atoms with Gasteiger partial charge in [0.05, 0.1) is 5.56 Å². The molecule has 2 heterocycles. The predicted molar refractivity (Wildman–Crippen MR) is 83.0 cm³/mol. The molecule has 0 radical (unpaired) electrons. The molecule has 1 amide bonds. The van der Waals surface area contributed by atoms with E-state index in [1.165, 1.54) is 11.3 Å². The second-order valence-corrected chi connectivity index (χ2v) is 6.35. The molecule has 0 aromatic carbocycles. The molecule has 0 bridgehead atoms. The van der Waals surface area contributed by atoms with Gasteiger partial charge < -0.3 is 10.3 Å². The number of primary amides is 1. The van der Waals surface area contributed by atoms with Gasteiger partial charge in [-0.2, -0.15) is 0 Å². The summed E-state index contributed by atoms with van der Waals surface area (Å²) in [6.45, 7) is 9.30. The van der Waals surface area contributed by atoms with Crippen molar-refractivity contribution in [3.8, 4) is 10.6 Å². The molecule has 0 saturated carbocycles. The summed E-state index contributed by atoms with van der Waals surface area (Å²) in [5, 5.41) is 2.78. The molecule has 0 fully saturated rings. The van der Waals surface area contributed by atoms with E-state index < -0.39 is 0 Å². The van der Waals surface area contributed by atoms with Gasteiger partial charge in [0.15, 0.2) is 0 Å². The van der Waals surface area contributed by atoms with Crippen molar-refractivity contribution in [2.45, 2.75) is 40.7 Å². The van der Waals surface area contributed by atoms with Gasteiger partial charge in [0.25, 0.3) is 5.91 Å². The third kappa shape index (κ3) is 2.63. The summed E-state index contributed by atoms with van der Waals surface area (Å²) in [6, 6.07) is 0. The Morgan fingerprint density at radius 3 is 2.60 bits per heavy atom. The fourth-order valence-electron chi connectivity index (χ4n) is 2.52. The Kier molecular flexibility index (Phi) is 4.28. The molecule has 2 aromatic rings. The molecule has 0 aliphatic rings. The van der Waals surface area contributed by atoms with E-state index in [1.807, 2.05) is 19.2 Å². The van der Waals surface area contributed by atoms with Crippen molar-refractivity contribution in [2.75, 3.05) is 0 Å². The summed E-state index contributed by atoms with van der Waals surface area (Å²) in [5.74, 6) is 0.246. The molecule has 4 nitrogen and oxygen atoms in total. The number of hydrogen-bond donors (Lipinski definition) is 1. The molecule has 2 N–H and O–H groups in total. The van der Waals surface area contributed by atoms with Gasteiger partial charge in [-0.15, -0.1) is 11.3 Å². The van der Waals surface area contributed by atoms with Gasteiger partial charge in [-0.05, 0) is 26.2 Å². The summed E-state index contributed by atoms with van der Waals surface area (Å²) >= 11 is 1.54. The van der Waals surface area contributed by atoms with Crippen molar-refractivity contribution in [3.63, 3.8) is 0 Å². The first-order chi connectivity index (χ1) is 9.43. The van der Waals surface area contributed by atoms with Crippen LogP contribution in [-0.2, 0) is 6.54 Å². The van der Waals surface area contributed by atoms with Crippen LogP contribution in [0.4, 0.5) is 0 Å². The predicted octanol–water partition coefficient (Wildman–Crippen LogP) is 3.37. The topological polar surface area (TPSA) is 60.9 Å². The second kappa shape index (κ2) is 5.79. The Bertz CT molecular complexity index is 612. The zero-order valence-corrected chi connectivity index (χ0v) is 13.3. The van der Waals surface area contributed by atoms with E-state index in [-0.39, 0.29) is 5.91 Å². The summed E-state index contributed by atoms with van der Waals surface area (Å²) in [4.78, 5) is 16.2. The summed E-state index contributed by atoms with van der Waals surface area (Å²) in [6.07, 6.45) is 2.83. The second-order valence-electron chi connectivity index (χ2n) is 5.46. The maximum Gasteiger partial charge on any atom is 0.251 e. The number of thiazole rings is 1. The van der Waals surface area contributed by atoms with Crippen LogP contribution in [-0.4, -0.2) is 15.5 Å². The van der Waals surface area contributed by atoms with E-state index in [4.69, 9.17) is 5.73 Å². The molecule has 108 valence electrons. The Morgan fingerprint density at radius 2 is 2.10 bits per heavy atom. The van der Waals surface area contributed by atoms with Crippen LogP contribution in [0.1, 0.15) is 42.0 Å². The van der Waals surface area contributed by atoms with Crippen LogP contribution in [0, 0.1) is 19.8 Å². The number of hydrogen-bond acceptors (Lipinski definition) is 3. The lowest BCUT2D eigenvalue weighted by atomic mass is 10.1. The fourth-order valence-corrected chi connectivity index (χ4v) is 3.26. The quantitative estimate of drug-likeness (QED) is 0.918. The summed E-state index contributed by atoms with van der Waals surface area (Å²) < 4.78 is 2.19. The number of aromatic nitrogens is 2. The molecular weight excluding hydrogens is 270 g/mol. The minimum Gasteiger partial charge on any atom is -0.366 e. The van der Waals surface area contributed by atoms with E-state index >= 15 is 0 Å². The highest BCUT2D eigenvalue weighted by molar-refractivity contribution is 7.13. The first kappa shape index (κ1) is 14.8. The van der Waals surface area contributed by atoms with Crippen LogP contribution >= 0.6 is 11.3 Å². The van der Waals surface area contributed by atoms with Crippen molar-refractivity contribution in [2.24, 2.45) is 11.7 Å². The molecule has 0 spiro atoms. The lowest BCUT2D eigenvalue weighted by molar-refractivity contribution is 0.1000. The number of amides is 1. The zero-order valence-electron chi connectivity index (χ0n) is 12.4. The highest BCUT2D eigenvalue weighted by atomic mass is 32.1. The number of nitrogens with zero attached hydrogens (tertiary/aromatic N) is 2. The molecule has 2 aromatic heterocycles. The van der Waals surface area contributed by atoms with E-state index in [9.17, 15) is 4.79 Å². The first-order valence-corrected chi connectivity index (χ1v) is 7.70. The molecule has 0 aliphatic carbocycles. The van der Waals surface area contributed by atoms with E-state index in [0.29, 0.717) is 11.5 Å². The monoisotopic (exact) mass is 291 g/mol. The SMILES string of the molecule is Cc1c(C(N)=O)c(-c2nccs2)c(C)n1CCC(C)C. The van der Waals surface area contributed by atoms with E-state index in [1.54, 1.807) is 6.20 Å². The van der Waals surface area contributed by atoms with Crippen molar-refractivity contribution < 1.29 is 4.79 Å². The number of nitrogens with two attached hydrogens (primary N) is 1. The van der Waals surface area contributed by atoms with Gasteiger partial charge in [-0.3, -0.25) is 4.79 Å². The van der Waals surface area contributed by atoms with Gasteiger partial charge in [0.2, 0.25) is 0 Å². The van der Waals surface area contributed by atoms with E-state index in [0.717, 1.165) is 34.9 Å². The van der Waals surface area contributed by atoms with Crippen LogP contribution in [0.2, 0.25) is 0 Å². The van der Waals surface area contributed by atoms with Gasteiger partial charge in [-0.25, -0.2) is 4.98 Å². The highest BCUT2D eigenvalue weighted by Crippen LogP contribution is 2.33. The van der Waals surface area contributed by atoms with Crippen LogP contribution in [0.15, 0.2) is 11.6 Å². The average Bonchev–Trinajstić information content (AvgIpc) is 2.94. The molecule has 0 saturated heterocycles. The Balaban J connectivity index is 2.56. The molecular formula is C15H21N3OS. The highest BCUT2D eigenvalue weighted by Gasteiger charge is 2.23. The van der Waals surface area contributed by atoms with Crippen LogP contribution in [0.25, 0.3) is 10.6 Å². The third-order valence-electron chi connectivity index (χ3n) is 3.61. The van der Waals surface area contributed by atoms with Crippen LogP contribution < -0.4 is 5.73 Å². The minimum absolute atomic E-state index is 0.376. The maximum absolute atomic E-state index is 11.8. The van der Waals surface area contributed by atoms with Gasteiger partial charge >= 0.3 is 0 Å². The van der Waals surface area contributed by atoms with Crippen molar-refractivity contribution in [3.05, 3.63) is 28.5 Å². The minimum atomic E-state index is -0.376. The molecule has 5 heteroatoms. The lowest BCUT2D eigenvalue weighted by Gasteiger charge is -2.11. The Morgan fingerprint density at radius 1 is 1.40 bits per heavy atom. The normalized spacial score (nSPS) is 11.2. The Hall–Kier alpha value is -1.62. The first-order valence-electron chi connectivity index (χ1n) is 6.82. The van der Waals surface area contributed by atoms with Gasteiger partial charge in [0.1, 0.15) is 5.01 Å². The van der Waals surface area contributed by atoms with Gasteiger partial charge in [-0.1, -0.05) is 13.8 Å². The zero-order chi connectivity index (χ0) is 14.9. The van der Waals surface area contributed by atoms with Crippen LogP contribution in [0.5, 0.6) is 0 Å². The molecule has 2 rings (SSSR count). The standard InChI is InChI=1S/C15H21N3OS/c1-9(2)5-7-18-10(3)12(14(16)19)13(11(18)4)15-17-6-8-20-15/h6,8-9H,5,7H2,1-4H3,(H2,16,19). The number of rotatable bonds is 5. The maximum atomic E-state index is 11.8. The van der Waals surface area contributed by atoms with Crippen molar-refractivity contribution in [1.82, 2.24) is 9.55 Å². The lowest BCUT2D eigenvalue weighted by Crippen LogP contribution is -2.13. The summed E-state index contributed by atoms with van der Waals surface area (Å²) in [7, 11) is 0.